The number of hydrogen-bond donors (Lipinski definition) is 0. The van der Waals surface area contributed by atoms with Crippen LogP contribution in [0.4, 0.5) is 0 Å². The van der Waals surface area contributed by atoms with E-state index in [4.69, 9.17) is 4.74 Å². The fourth-order valence-electron chi connectivity index (χ4n) is 4.41. The van der Waals surface area contributed by atoms with E-state index in [9.17, 15) is 0 Å². The van der Waals surface area contributed by atoms with Gasteiger partial charge in [-0.1, -0.05) is 90.7 Å². The topological polar surface area (TPSA) is 9.23 Å². The number of fused-ring (bicyclic) bond motifs is 3. The lowest BCUT2D eigenvalue weighted by Crippen LogP contribution is -2.34. The molecule has 2 heterocycles. The molecule has 0 amide bonds. The molecule has 156 valence electrons. The molecule has 4 aromatic carbocycles. The number of thiophene rings is 1. The molecule has 5 aromatic rings. The first-order chi connectivity index (χ1) is 16.3. The van der Waals surface area contributed by atoms with E-state index >= 15 is 0 Å². The van der Waals surface area contributed by atoms with Crippen LogP contribution in [-0.4, -0.2) is 0 Å². The highest BCUT2D eigenvalue weighted by molar-refractivity contribution is 7.10. The molecule has 0 atom stereocenters. The van der Waals surface area contributed by atoms with Crippen molar-refractivity contribution >= 4 is 28.2 Å². The third-order valence-corrected chi connectivity index (χ3v) is 6.82. The maximum Gasteiger partial charge on any atom is 0.178 e. The van der Waals surface area contributed by atoms with Crippen LogP contribution in [0, 0.1) is 11.8 Å². The lowest BCUT2D eigenvalue weighted by molar-refractivity contribution is 0.161. The summed E-state index contributed by atoms with van der Waals surface area (Å²) in [6, 6.07) is 35.5. The van der Waals surface area contributed by atoms with Crippen LogP contribution < -0.4 is 4.74 Å². The van der Waals surface area contributed by atoms with Gasteiger partial charge in [-0.3, -0.25) is 0 Å². The minimum atomic E-state index is -0.657. The Labute approximate surface area is 197 Å². The van der Waals surface area contributed by atoms with Crippen molar-refractivity contribution in [3.05, 3.63) is 142 Å². The molecule has 0 fully saturated rings. The van der Waals surface area contributed by atoms with E-state index in [1.807, 2.05) is 29.6 Å². The number of hydrogen-bond acceptors (Lipinski definition) is 2. The van der Waals surface area contributed by atoms with Gasteiger partial charge in [0.15, 0.2) is 5.60 Å². The molecule has 0 saturated heterocycles. The number of ether oxygens (including phenoxy) is 1. The minimum Gasteiger partial charge on any atom is -0.473 e. The van der Waals surface area contributed by atoms with Crippen molar-refractivity contribution in [3.8, 4) is 17.6 Å². The molecule has 1 nitrogen and oxygen atoms in total. The van der Waals surface area contributed by atoms with E-state index in [1.165, 1.54) is 5.39 Å². The Morgan fingerprint density at radius 3 is 2.15 bits per heavy atom. The Hall–Kier alpha value is -4.06. The average molecular weight is 441 g/mol. The van der Waals surface area contributed by atoms with Crippen molar-refractivity contribution in [2.24, 2.45) is 0 Å². The van der Waals surface area contributed by atoms with Crippen LogP contribution in [0.3, 0.4) is 0 Å². The molecular weight excluding hydrogens is 420 g/mol. The normalized spacial score (nSPS) is 13.6. The summed E-state index contributed by atoms with van der Waals surface area (Å²) in [6.45, 7) is 0. The highest BCUT2D eigenvalue weighted by atomic mass is 32.1. The zero-order valence-corrected chi connectivity index (χ0v) is 18.7. The maximum atomic E-state index is 6.81. The maximum absolute atomic E-state index is 6.81. The molecule has 6 rings (SSSR count). The van der Waals surface area contributed by atoms with Crippen LogP contribution in [0.15, 0.2) is 115 Å². The molecule has 1 aromatic heterocycles. The smallest absolute Gasteiger partial charge is 0.178 e. The second-order valence-corrected chi connectivity index (χ2v) is 8.99. The van der Waals surface area contributed by atoms with Crippen LogP contribution in [-0.2, 0) is 5.60 Å². The number of benzene rings is 4. The Morgan fingerprint density at radius 2 is 1.45 bits per heavy atom. The van der Waals surface area contributed by atoms with Gasteiger partial charge in [-0.2, -0.15) is 0 Å². The summed E-state index contributed by atoms with van der Waals surface area (Å²) in [5.41, 5.74) is 3.68. The monoisotopic (exact) mass is 440 g/mol. The molecule has 0 spiro atoms. The van der Waals surface area contributed by atoms with Crippen molar-refractivity contribution in [3.63, 3.8) is 0 Å². The third-order valence-electron chi connectivity index (χ3n) is 6.03. The fraction of sp³-hybridized carbons (Fsp3) is 0.0323. The van der Waals surface area contributed by atoms with Gasteiger partial charge in [0.2, 0.25) is 0 Å². The summed E-state index contributed by atoms with van der Waals surface area (Å²) >= 11 is 1.66. The van der Waals surface area contributed by atoms with Gasteiger partial charge in [0, 0.05) is 22.3 Å². The van der Waals surface area contributed by atoms with Crippen LogP contribution in [0.1, 0.15) is 27.1 Å². The first kappa shape index (κ1) is 19.6. The van der Waals surface area contributed by atoms with Crippen LogP contribution >= 0.6 is 11.3 Å². The van der Waals surface area contributed by atoms with Crippen molar-refractivity contribution in [2.45, 2.75) is 5.60 Å². The van der Waals surface area contributed by atoms with Crippen molar-refractivity contribution in [1.82, 2.24) is 0 Å². The van der Waals surface area contributed by atoms with Gasteiger partial charge < -0.3 is 4.74 Å². The number of rotatable bonds is 2. The van der Waals surface area contributed by atoms with Gasteiger partial charge in [-0.05, 0) is 52.6 Å². The molecule has 1 aliphatic rings. The van der Waals surface area contributed by atoms with Crippen LogP contribution in [0.2, 0.25) is 0 Å². The lowest BCUT2D eigenvalue weighted by Gasteiger charge is -2.36. The molecule has 0 N–H and O–H groups in total. The quantitative estimate of drug-likeness (QED) is 0.256. The predicted octanol–water partition coefficient (Wildman–Crippen LogP) is 7.65. The van der Waals surface area contributed by atoms with Crippen molar-refractivity contribution in [2.75, 3.05) is 0 Å². The van der Waals surface area contributed by atoms with Gasteiger partial charge in [0.1, 0.15) is 5.75 Å². The van der Waals surface area contributed by atoms with Crippen LogP contribution in [0.5, 0.6) is 5.75 Å². The van der Waals surface area contributed by atoms with E-state index in [0.717, 1.165) is 38.3 Å². The molecule has 0 saturated carbocycles. The highest BCUT2D eigenvalue weighted by Crippen LogP contribution is 2.44. The molecular formula is C31H20OS. The standard InChI is InChI=1S/C31H20OS/c1-3-8-25(9-4-1)31(26-10-5-2-6-11-26)20-19-29-28-17-14-23(13-16-27-12-7-21-33-27)22-24(28)15-18-30(29)32-31/h1-12,14-15,17-22H. The van der Waals surface area contributed by atoms with Crippen molar-refractivity contribution < 1.29 is 4.74 Å². The lowest BCUT2D eigenvalue weighted by atomic mass is 9.83. The molecule has 1 aliphatic heterocycles. The molecule has 33 heavy (non-hydrogen) atoms. The van der Waals surface area contributed by atoms with Gasteiger partial charge in [0.05, 0.1) is 4.88 Å². The zero-order chi connectivity index (χ0) is 22.1. The summed E-state index contributed by atoms with van der Waals surface area (Å²) in [5, 5.41) is 4.38. The van der Waals surface area contributed by atoms with Gasteiger partial charge in [-0.25, -0.2) is 0 Å². The molecule has 0 bridgehead atoms. The molecule has 2 heteroatoms. The summed E-state index contributed by atoms with van der Waals surface area (Å²) in [7, 11) is 0. The second kappa shape index (κ2) is 8.13. The Kier molecular flexibility index (Phi) is 4.83. The minimum absolute atomic E-state index is 0.657. The van der Waals surface area contributed by atoms with Gasteiger partial charge in [-0.15, -0.1) is 11.3 Å². The van der Waals surface area contributed by atoms with Crippen molar-refractivity contribution in [1.29, 1.82) is 0 Å². The van der Waals surface area contributed by atoms with E-state index in [-0.39, 0.29) is 0 Å². The first-order valence-corrected chi connectivity index (χ1v) is 11.8. The predicted molar refractivity (Wildman–Crippen MR) is 138 cm³/mol. The summed E-state index contributed by atoms with van der Waals surface area (Å²) in [6.07, 6.45) is 4.39. The summed E-state index contributed by atoms with van der Waals surface area (Å²) < 4.78 is 6.81. The Morgan fingerprint density at radius 1 is 0.697 bits per heavy atom. The SMILES string of the molecule is C(#Cc1cccs1)c1ccc2c3c(ccc2c1)OC(c1ccccc1)(c1ccccc1)C=C3. The third kappa shape index (κ3) is 3.53. The second-order valence-electron chi connectivity index (χ2n) is 8.04. The molecule has 0 aliphatic carbocycles. The molecule has 0 radical (unpaired) electrons. The highest BCUT2D eigenvalue weighted by Gasteiger charge is 2.37. The first-order valence-electron chi connectivity index (χ1n) is 10.9. The fourth-order valence-corrected chi connectivity index (χ4v) is 4.98. The van der Waals surface area contributed by atoms with E-state index in [1.54, 1.807) is 11.3 Å². The summed E-state index contributed by atoms with van der Waals surface area (Å²) in [5.74, 6) is 7.42. The summed E-state index contributed by atoms with van der Waals surface area (Å²) in [4.78, 5) is 1.08. The van der Waals surface area contributed by atoms with Gasteiger partial charge in [0.25, 0.3) is 0 Å². The van der Waals surface area contributed by atoms with E-state index in [2.05, 4.69) is 103 Å². The Balaban J connectivity index is 1.44. The zero-order valence-electron chi connectivity index (χ0n) is 17.9. The largest absolute Gasteiger partial charge is 0.473 e. The molecule has 0 unspecified atom stereocenters. The van der Waals surface area contributed by atoms with Gasteiger partial charge >= 0.3 is 0 Å². The Bertz CT molecular complexity index is 1480. The van der Waals surface area contributed by atoms with E-state index in [0.29, 0.717) is 0 Å². The van der Waals surface area contributed by atoms with E-state index < -0.39 is 5.60 Å². The average Bonchev–Trinajstić information content (AvgIpc) is 3.42. The van der Waals surface area contributed by atoms with Crippen LogP contribution in [0.25, 0.3) is 16.8 Å².